The standard InChI is InChI=1S/C31H37N3O4/c1-31-13-12-23-22-5-3-2-4-20(22)6-8-24(23)29(31)25(26(19-35)30(31)37)9-11-28(36)33-27-10-7-21(18-32-27)34-14-16-38-17-15-34/h2-5,7,10,18-19,23-25,29,35H,6,8-9,11-17H2,1H3,(H,32,33,36)/b26-19-/t23?,24?,25-,29?,31+/m1/s1. The number of aliphatic hydroxyl groups excluding tert-OH is 1. The number of ether oxygens (including phenoxy) is 1. The Kier molecular flexibility index (Phi) is 6.72. The van der Waals surface area contributed by atoms with Gasteiger partial charge in [0.15, 0.2) is 5.78 Å². The Morgan fingerprint density at radius 2 is 2.03 bits per heavy atom. The molecule has 5 atom stereocenters. The average molecular weight is 516 g/mol. The van der Waals surface area contributed by atoms with E-state index in [0.717, 1.165) is 50.7 Å². The van der Waals surface area contributed by atoms with E-state index in [1.165, 1.54) is 11.1 Å². The molecule has 2 N–H and O–H groups in total. The van der Waals surface area contributed by atoms with Gasteiger partial charge in [0.1, 0.15) is 5.82 Å². The molecule has 3 fully saturated rings. The van der Waals surface area contributed by atoms with Gasteiger partial charge in [-0.15, -0.1) is 0 Å². The summed E-state index contributed by atoms with van der Waals surface area (Å²) >= 11 is 0. The number of hydrogen-bond acceptors (Lipinski definition) is 6. The monoisotopic (exact) mass is 515 g/mol. The molecule has 1 amide bonds. The minimum atomic E-state index is -0.472. The van der Waals surface area contributed by atoms with Gasteiger partial charge in [-0.2, -0.15) is 0 Å². The SMILES string of the molecule is C[C@]12CCC3c4ccccc4CCC3C1[C@H](CCC(=O)Nc1ccc(N3CCOCC3)cn1)/C(=C/O)C2=O. The van der Waals surface area contributed by atoms with E-state index in [-0.39, 0.29) is 29.9 Å². The van der Waals surface area contributed by atoms with Gasteiger partial charge < -0.3 is 20.1 Å². The third kappa shape index (κ3) is 4.31. The van der Waals surface area contributed by atoms with Crippen LogP contribution in [0.15, 0.2) is 54.4 Å². The summed E-state index contributed by atoms with van der Waals surface area (Å²) in [7, 11) is 0. The molecule has 1 saturated heterocycles. The first-order valence-corrected chi connectivity index (χ1v) is 14.0. The lowest BCUT2D eigenvalue weighted by atomic mass is 9.54. The fourth-order valence-electron chi connectivity index (χ4n) is 7.92. The van der Waals surface area contributed by atoms with Crippen LogP contribution in [0.5, 0.6) is 0 Å². The summed E-state index contributed by atoms with van der Waals surface area (Å²) in [4.78, 5) is 33.2. The maximum absolute atomic E-state index is 13.6. The van der Waals surface area contributed by atoms with E-state index in [2.05, 4.69) is 46.4 Å². The number of fused-ring (bicyclic) bond motifs is 5. The summed E-state index contributed by atoms with van der Waals surface area (Å²) in [6.07, 6.45) is 7.54. The molecule has 2 heterocycles. The van der Waals surface area contributed by atoms with Crippen LogP contribution in [0.2, 0.25) is 0 Å². The van der Waals surface area contributed by atoms with Gasteiger partial charge in [0.25, 0.3) is 0 Å². The molecule has 2 aromatic rings. The normalized spacial score (nSPS) is 31.4. The largest absolute Gasteiger partial charge is 0.515 e. The molecule has 2 saturated carbocycles. The number of hydrogen-bond donors (Lipinski definition) is 2. The molecule has 4 aliphatic rings. The van der Waals surface area contributed by atoms with Crippen LogP contribution in [-0.4, -0.2) is 48.1 Å². The average Bonchev–Trinajstić information content (AvgIpc) is 3.18. The number of aliphatic hydroxyl groups is 1. The van der Waals surface area contributed by atoms with E-state index >= 15 is 0 Å². The smallest absolute Gasteiger partial charge is 0.225 e. The lowest BCUT2D eigenvalue weighted by molar-refractivity contribution is -0.127. The zero-order valence-corrected chi connectivity index (χ0v) is 22.1. The van der Waals surface area contributed by atoms with Crippen molar-refractivity contribution in [3.05, 3.63) is 65.6 Å². The maximum Gasteiger partial charge on any atom is 0.225 e. The highest BCUT2D eigenvalue weighted by Crippen LogP contribution is 2.63. The van der Waals surface area contributed by atoms with Gasteiger partial charge in [-0.3, -0.25) is 9.59 Å². The minimum Gasteiger partial charge on any atom is -0.515 e. The number of aromatic nitrogens is 1. The fourth-order valence-corrected chi connectivity index (χ4v) is 7.92. The van der Waals surface area contributed by atoms with Crippen LogP contribution in [0.1, 0.15) is 56.1 Å². The molecular weight excluding hydrogens is 478 g/mol. The Hall–Kier alpha value is -3.19. The number of ketones is 1. The molecule has 3 unspecified atom stereocenters. The molecule has 38 heavy (non-hydrogen) atoms. The number of aryl methyl sites for hydroxylation is 1. The first kappa shape index (κ1) is 25.1. The number of carbonyl (C=O) groups is 2. The van der Waals surface area contributed by atoms with Crippen molar-refractivity contribution in [2.24, 2.45) is 23.2 Å². The lowest BCUT2D eigenvalue weighted by Gasteiger charge is -2.49. The highest BCUT2D eigenvalue weighted by molar-refractivity contribution is 6.03. The predicted molar refractivity (Wildman–Crippen MR) is 146 cm³/mol. The van der Waals surface area contributed by atoms with Gasteiger partial charge in [0, 0.05) is 30.5 Å². The van der Waals surface area contributed by atoms with Crippen LogP contribution >= 0.6 is 0 Å². The topological polar surface area (TPSA) is 91.8 Å². The zero-order chi connectivity index (χ0) is 26.3. The lowest BCUT2D eigenvalue weighted by Crippen LogP contribution is -2.44. The van der Waals surface area contributed by atoms with Crippen molar-refractivity contribution in [2.45, 2.75) is 51.4 Å². The summed E-state index contributed by atoms with van der Waals surface area (Å²) in [5.41, 5.74) is 3.93. The molecule has 0 bridgehead atoms. The molecule has 7 nitrogen and oxygen atoms in total. The van der Waals surface area contributed by atoms with Crippen molar-refractivity contribution in [3.63, 3.8) is 0 Å². The second kappa shape index (κ2) is 10.2. The third-order valence-electron chi connectivity index (χ3n) is 9.72. The van der Waals surface area contributed by atoms with Crippen molar-refractivity contribution in [1.29, 1.82) is 0 Å². The highest BCUT2D eigenvalue weighted by atomic mass is 16.5. The summed E-state index contributed by atoms with van der Waals surface area (Å²) < 4.78 is 5.41. The van der Waals surface area contributed by atoms with Gasteiger partial charge >= 0.3 is 0 Å². The molecule has 1 aromatic heterocycles. The first-order valence-electron chi connectivity index (χ1n) is 14.0. The van der Waals surface area contributed by atoms with Crippen LogP contribution in [0.3, 0.4) is 0 Å². The van der Waals surface area contributed by atoms with Crippen molar-refractivity contribution in [2.75, 3.05) is 36.5 Å². The Labute approximate surface area is 224 Å². The van der Waals surface area contributed by atoms with E-state index in [1.54, 1.807) is 6.20 Å². The minimum absolute atomic E-state index is 0.0769. The number of allylic oxidation sites excluding steroid dienone is 1. The molecule has 3 aliphatic carbocycles. The van der Waals surface area contributed by atoms with Crippen molar-refractivity contribution in [1.82, 2.24) is 4.98 Å². The summed E-state index contributed by atoms with van der Waals surface area (Å²) in [5, 5.41) is 13.1. The number of amides is 1. The third-order valence-corrected chi connectivity index (χ3v) is 9.72. The molecule has 0 spiro atoms. The summed E-state index contributed by atoms with van der Waals surface area (Å²) in [6.45, 7) is 5.19. The number of benzene rings is 1. The number of nitrogens with zero attached hydrogens (tertiary/aromatic N) is 2. The van der Waals surface area contributed by atoms with E-state index in [9.17, 15) is 14.7 Å². The zero-order valence-electron chi connectivity index (χ0n) is 22.1. The fraction of sp³-hybridized carbons (Fsp3) is 0.516. The molecule has 1 aliphatic heterocycles. The number of carbonyl (C=O) groups excluding carboxylic acids is 2. The molecule has 6 rings (SSSR count). The van der Waals surface area contributed by atoms with Crippen molar-refractivity contribution >= 4 is 23.2 Å². The Morgan fingerprint density at radius 1 is 1.21 bits per heavy atom. The Morgan fingerprint density at radius 3 is 2.79 bits per heavy atom. The Bertz CT molecular complexity index is 1240. The van der Waals surface area contributed by atoms with Crippen LogP contribution < -0.4 is 10.2 Å². The number of anilines is 2. The number of rotatable bonds is 5. The van der Waals surface area contributed by atoms with Gasteiger partial charge in [-0.05, 0) is 79.0 Å². The maximum atomic E-state index is 13.6. The van der Waals surface area contributed by atoms with E-state index < -0.39 is 5.41 Å². The molecule has 0 radical (unpaired) electrons. The van der Waals surface area contributed by atoms with Gasteiger partial charge in [0.05, 0.1) is 31.4 Å². The van der Waals surface area contributed by atoms with Crippen LogP contribution in [0.25, 0.3) is 0 Å². The second-order valence-corrected chi connectivity index (χ2v) is 11.6. The number of morpholine rings is 1. The first-order chi connectivity index (χ1) is 18.5. The number of Topliss-reactive ketones (excluding diaryl/α,β-unsaturated/α-hetero) is 1. The van der Waals surface area contributed by atoms with E-state index in [1.807, 2.05) is 12.1 Å². The number of pyridine rings is 1. The van der Waals surface area contributed by atoms with Gasteiger partial charge in [-0.25, -0.2) is 4.98 Å². The van der Waals surface area contributed by atoms with Crippen molar-refractivity contribution in [3.8, 4) is 0 Å². The Balaban J connectivity index is 1.16. The molecule has 200 valence electrons. The van der Waals surface area contributed by atoms with Crippen LogP contribution in [0.4, 0.5) is 11.5 Å². The quantitative estimate of drug-likeness (QED) is 0.428. The van der Waals surface area contributed by atoms with Gasteiger partial charge in [-0.1, -0.05) is 31.2 Å². The highest BCUT2D eigenvalue weighted by Gasteiger charge is 2.60. The van der Waals surface area contributed by atoms with Crippen LogP contribution in [-0.2, 0) is 20.7 Å². The van der Waals surface area contributed by atoms with E-state index in [4.69, 9.17) is 4.74 Å². The van der Waals surface area contributed by atoms with Crippen LogP contribution in [0, 0.1) is 23.2 Å². The molecule has 7 heteroatoms. The van der Waals surface area contributed by atoms with E-state index in [0.29, 0.717) is 42.9 Å². The second-order valence-electron chi connectivity index (χ2n) is 11.6. The van der Waals surface area contributed by atoms with Crippen molar-refractivity contribution < 1.29 is 19.4 Å². The molecule has 1 aromatic carbocycles. The summed E-state index contributed by atoms with van der Waals surface area (Å²) in [6, 6.07) is 12.5. The summed E-state index contributed by atoms with van der Waals surface area (Å²) in [5.74, 6) is 1.34. The van der Waals surface area contributed by atoms with Gasteiger partial charge in [0.2, 0.25) is 5.91 Å². The predicted octanol–water partition coefficient (Wildman–Crippen LogP) is 5.04. The molecular formula is C31H37N3O4. The number of nitrogens with one attached hydrogen (secondary N) is 1.